The largest absolute Gasteiger partial charge is 0.413 e. The van der Waals surface area contributed by atoms with E-state index in [0.29, 0.717) is 12.0 Å². The Kier molecular flexibility index (Phi) is 4.57. The molecule has 1 rings (SSSR count). The number of rotatable bonds is 3. The summed E-state index contributed by atoms with van der Waals surface area (Å²) < 4.78 is 6.45. The van der Waals surface area contributed by atoms with Crippen LogP contribution in [0.4, 0.5) is 0 Å². The van der Waals surface area contributed by atoms with Crippen molar-refractivity contribution in [3.05, 3.63) is 12.2 Å². The predicted molar refractivity (Wildman–Crippen MR) is 74.2 cm³/mol. The van der Waals surface area contributed by atoms with Crippen LogP contribution >= 0.6 is 0 Å². The van der Waals surface area contributed by atoms with Gasteiger partial charge in [-0.3, -0.25) is 0 Å². The molecule has 2 atom stereocenters. The summed E-state index contributed by atoms with van der Waals surface area (Å²) >= 11 is 0. The SMILES string of the molecule is CC(C)(C)[Si](C)(C)OC1CCCC1/C=C/C#N. The molecular formula is C14H25NOSi. The second-order valence-corrected chi connectivity index (χ2v) is 11.3. The highest BCUT2D eigenvalue weighted by Crippen LogP contribution is 2.41. The number of hydrogen-bond acceptors (Lipinski definition) is 2. The van der Waals surface area contributed by atoms with E-state index in [-0.39, 0.29) is 5.04 Å². The lowest BCUT2D eigenvalue weighted by Gasteiger charge is -2.39. The predicted octanol–water partition coefficient (Wildman–Crippen LogP) is 4.26. The van der Waals surface area contributed by atoms with Crippen molar-refractivity contribution < 1.29 is 4.43 Å². The zero-order valence-corrected chi connectivity index (χ0v) is 12.8. The Bertz CT molecular complexity index is 322. The lowest BCUT2D eigenvalue weighted by molar-refractivity contribution is 0.160. The van der Waals surface area contributed by atoms with Crippen LogP contribution in [-0.4, -0.2) is 14.4 Å². The molecule has 0 radical (unpaired) electrons. The summed E-state index contributed by atoms with van der Waals surface area (Å²) in [6.45, 7) is 11.4. The Hall–Kier alpha value is -0.593. The Morgan fingerprint density at radius 1 is 1.29 bits per heavy atom. The molecule has 1 aliphatic rings. The summed E-state index contributed by atoms with van der Waals surface area (Å²) in [4.78, 5) is 0. The third kappa shape index (κ3) is 3.69. The monoisotopic (exact) mass is 251 g/mol. The first-order valence-corrected chi connectivity index (χ1v) is 9.43. The molecule has 0 aromatic heterocycles. The summed E-state index contributed by atoms with van der Waals surface area (Å²) in [5, 5.41) is 8.87. The molecule has 0 aromatic carbocycles. The van der Waals surface area contributed by atoms with Crippen molar-refractivity contribution in [1.29, 1.82) is 5.26 Å². The van der Waals surface area contributed by atoms with Crippen molar-refractivity contribution in [2.45, 2.75) is 64.3 Å². The molecule has 0 saturated heterocycles. The van der Waals surface area contributed by atoms with Crippen molar-refractivity contribution in [3.63, 3.8) is 0 Å². The van der Waals surface area contributed by atoms with Crippen LogP contribution < -0.4 is 0 Å². The summed E-state index contributed by atoms with van der Waals surface area (Å²) in [5.74, 6) is 0.448. The molecule has 17 heavy (non-hydrogen) atoms. The van der Waals surface area contributed by atoms with Gasteiger partial charge in [0.2, 0.25) is 0 Å². The maximum Gasteiger partial charge on any atom is 0.192 e. The maximum absolute atomic E-state index is 8.61. The molecule has 0 aromatic rings. The number of allylic oxidation sites excluding steroid dienone is 1. The van der Waals surface area contributed by atoms with Gasteiger partial charge in [0.1, 0.15) is 0 Å². The van der Waals surface area contributed by atoms with Crippen LogP contribution in [-0.2, 0) is 4.43 Å². The zero-order valence-electron chi connectivity index (χ0n) is 11.8. The minimum absolute atomic E-state index is 0.263. The van der Waals surface area contributed by atoms with Gasteiger partial charge in [0, 0.05) is 12.0 Å². The molecule has 1 saturated carbocycles. The van der Waals surface area contributed by atoms with E-state index in [0.717, 1.165) is 12.8 Å². The molecule has 1 fully saturated rings. The van der Waals surface area contributed by atoms with Gasteiger partial charge in [0.15, 0.2) is 8.32 Å². The lowest BCUT2D eigenvalue weighted by atomic mass is 10.1. The molecule has 0 bridgehead atoms. The van der Waals surface area contributed by atoms with Crippen LogP contribution in [0.15, 0.2) is 12.2 Å². The Morgan fingerprint density at radius 2 is 1.94 bits per heavy atom. The minimum atomic E-state index is -1.67. The average molecular weight is 251 g/mol. The van der Waals surface area contributed by atoms with Crippen LogP contribution in [0, 0.1) is 17.2 Å². The van der Waals surface area contributed by atoms with Crippen molar-refractivity contribution in [3.8, 4) is 6.07 Å². The van der Waals surface area contributed by atoms with Gasteiger partial charge in [-0.15, -0.1) is 0 Å². The normalized spacial score (nSPS) is 26.4. The fourth-order valence-electron chi connectivity index (χ4n) is 2.04. The van der Waals surface area contributed by atoms with Gasteiger partial charge < -0.3 is 4.43 Å². The van der Waals surface area contributed by atoms with Gasteiger partial charge in [-0.2, -0.15) is 5.26 Å². The van der Waals surface area contributed by atoms with Gasteiger partial charge in [0.05, 0.1) is 12.2 Å². The van der Waals surface area contributed by atoms with E-state index in [2.05, 4.69) is 39.9 Å². The van der Waals surface area contributed by atoms with Gasteiger partial charge in [0.25, 0.3) is 0 Å². The highest BCUT2D eigenvalue weighted by atomic mass is 28.4. The molecular weight excluding hydrogens is 226 g/mol. The van der Waals surface area contributed by atoms with Gasteiger partial charge in [-0.05, 0) is 31.0 Å². The first-order valence-electron chi connectivity index (χ1n) is 6.52. The molecule has 96 valence electrons. The van der Waals surface area contributed by atoms with Crippen LogP contribution in [0.2, 0.25) is 18.1 Å². The molecule has 3 heteroatoms. The molecule has 1 aliphatic carbocycles. The van der Waals surface area contributed by atoms with Crippen LogP contribution in [0.5, 0.6) is 0 Å². The lowest BCUT2D eigenvalue weighted by Crippen LogP contribution is -2.44. The number of hydrogen-bond donors (Lipinski definition) is 0. The molecule has 0 aliphatic heterocycles. The van der Waals surface area contributed by atoms with E-state index < -0.39 is 8.32 Å². The van der Waals surface area contributed by atoms with E-state index in [1.165, 1.54) is 6.42 Å². The van der Waals surface area contributed by atoms with E-state index >= 15 is 0 Å². The van der Waals surface area contributed by atoms with Crippen molar-refractivity contribution in [1.82, 2.24) is 0 Å². The second kappa shape index (κ2) is 5.37. The summed E-state index contributed by atoms with van der Waals surface area (Å²) in [6.07, 6.45) is 7.51. The summed E-state index contributed by atoms with van der Waals surface area (Å²) in [6, 6.07) is 2.08. The minimum Gasteiger partial charge on any atom is -0.413 e. The Morgan fingerprint density at radius 3 is 2.47 bits per heavy atom. The van der Waals surface area contributed by atoms with Crippen molar-refractivity contribution in [2.24, 2.45) is 5.92 Å². The molecule has 0 spiro atoms. The molecule has 0 N–H and O–H groups in total. The quantitative estimate of drug-likeness (QED) is 0.555. The smallest absolute Gasteiger partial charge is 0.192 e. The third-order valence-electron chi connectivity index (χ3n) is 4.17. The van der Waals surface area contributed by atoms with E-state index in [4.69, 9.17) is 9.69 Å². The highest BCUT2D eigenvalue weighted by Gasteiger charge is 2.41. The van der Waals surface area contributed by atoms with Crippen LogP contribution in [0.1, 0.15) is 40.0 Å². The van der Waals surface area contributed by atoms with Crippen LogP contribution in [0.25, 0.3) is 0 Å². The molecule has 2 unspecified atom stereocenters. The molecule has 0 amide bonds. The molecule has 2 nitrogen and oxygen atoms in total. The van der Waals surface area contributed by atoms with E-state index in [1.807, 2.05) is 6.08 Å². The van der Waals surface area contributed by atoms with Gasteiger partial charge in [-0.1, -0.05) is 33.3 Å². The fourth-order valence-corrected chi connectivity index (χ4v) is 3.45. The number of nitriles is 1. The maximum atomic E-state index is 8.61. The third-order valence-corrected chi connectivity index (χ3v) is 8.68. The van der Waals surface area contributed by atoms with Crippen molar-refractivity contribution in [2.75, 3.05) is 0 Å². The summed E-state index contributed by atoms with van der Waals surface area (Å²) in [5.41, 5.74) is 0. The average Bonchev–Trinajstić information content (AvgIpc) is 2.60. The highest BCUT2D eigenvalue weighted by molar-refractivity contribution is 6.74. The van der Waals surface area contributed by atoms with Gasteiger partial charge >= 0.3 is 0 Å². The topological polar surface area (TPSA) is 33.0 Å². The first kappa shape index (κ1) is 14.5. The van der Waals surface area contributed by atoms with Gasteiger partial charge in [-0.25, -0.2) is 0 Å². The van der Waals surface area contributed by atoms with E-state index in [1.54, 1.807) is 6.08 Å². The Balaban J connectivity index is 2.68. The van der Waals surface area contributed by atoms with Crippen LogP contribution in [0.3, 0.4) is 0 Å². The summed E-state index contributed by atoms with van der Waals surface area (Å²) in [7, 11) is -1.67. The number of nitrogens with zero attached hydrogens (tertiary/aromatic N) is 1. The zero-order chi connectivity index (χ0) is 13.1. The Labute approximate surface area is 107 Å². The fraction of sp³-hybridized carbons (Fsp3) is 0.786. The van der Waals surface area contributed by atoms with E-state index in [9.17, 15) is 0 Å². The molecule has 0 heterocycles. The standard InChI is InChI=1S/C14H25NOSi/c1-14(2,3)17(4,5)16-13-10-6-8-12(13)9-7-11-15/h7,9,12-13H,6,8,10H2,1-5H3/b9-7+. The first-order chi connectivity index (χ1) is 7.78. The second-order valence-electron chi connectivity index (χ2n) is 6.50. The van der Waals surface area contributed by atoms with Crippen molar-refractivity contribution >= 4 is 8.32 Å².